The van der Waals surface area contributed by atoms with Crippen molar-refractivity contribution in [2.45, 2.75) is 38.6 Å². The molecule has 2 amide bonds. The van der Waals surface area contributed by atoms with Crippen LogP contribution < -0.4 is 0 Å². The fourth-order valence-corrected chi connectivity index (χ4v) is 5.31. The number of likely N-dealkylation sites (tertiary alicyclic amines) is 1. The SMILES string of the molecule is CC(=O)N1CCC(CC(=O)N2CCc3c([nH]c4ccccc34)C2c2ccccc2)CC1. The topological polar surface area (TPSA) is 56.4 Å². The van der Waals surface area contributed by atoms with Crippen LogP contribution in [-0.2, 0) is 16.0 Å². The number of hydrogen-bond donors (Lipinski definition) is 1. The maximum atomic E-state index is 13.5. The minimum absolute atomic E-state index is 0.0813. The van der Waals surface area contributed by atoms with E-state index >= 15 is 0 Å². The van der Waals surface area contributed by atoms with E-state index in [1.54, 1.807) is 6.92 Å². The van der Waals surface area contributed by atoms with Gasteiger partial charge >= 0.3 is 0 Å². The summed E-state index contributed by atoms with van der Waals surface area (Å²) in [5.41, 5.74) is 4.77. The number of nitrogens with one attached hydrogen (secondary N) is 1. The Kier molecular flexibility index (Phi) is 5.26. The number of aromatic nitrogens is 1. The predicted octanol–water partition coefficient (Wildman–Crippen LogP) is 4.29. The number of amides is 2. The normalized spacial score (nSPS) is 19.5. The molecule has 3 aromatic rings. The fourth-order valence-electron chi connectivity index (χ4n) is 5.31. The van der Waals surface area contributed by atoms with E-state index in [4.69, 9.17) is 0 Å². The zero-order chi connectivity index (χ0) is 21.4. The van der Waals surface area contributed by atoms with Crippen LogP contribution in [0.1, 0.15) is 49.0 Å². The molecule has 0 spiro atoms. The molecular formula is C26H29N3O2. The molecule has 5 nitrogen and oxygen atoms in total. The van der Waals surface area contributed by atoms with Gasteiger partial charge in [0.2, 0.25) is 11.8 Å². The Bertz CT molecular complexity index is 1100. The molecule has 1 atom stereocenters. The van der Waals surface area contributed by atoms with E-state index in [1.165, 1.54) is 10.9 Å². The molecule has 2 aliphatic rings. The minimum atomic E-state index is -0.0813. The summed E-state index contributed by atoms with van der Waals surface area (Å²) in [4.78, 5) is 32.7. The van der Waals surface area contributed by atoms with Gasteiger partial charge in [-0.25, -0.2) is 0 Å². The van der Waals surface area contributed by atoms with Crippen molar-refractivity contribution in [2.24, 2.45) is 5.92 Å². The quantitative estimate of drug-likeness (QED) is 0.694. The smallest absolute Gasteiger partial charge is 0.223 e. The van der Waals surface area contributed by atoms with E-state index in [-0.39, 0.29) is 17.9 Å². The maximum Gasteiger partial charge on any atom is 0.223 e. The van der Waals surface area contributed by atoms with Crippen LogP contribution in [0.25, 0.3) is 10.9 Å². The number of hydrogen-bond acceptors (Lipinski definition) is 2. The van der Waals surface area contributed by atoms with Crippen LogP contribution >= 0.6 is 0 Å². The Morgan fingerprint density at radius 1 is 0.968 bits per heavy atom. The third kappa shape index (κ3) is 3.73. The maximum absolute atomic E-state index is 13.5. The van der Waals surface area contributed by atoms with Gasteiger partial charge in [0, 0.05) is 49.6 Å². The summed E-state index contributed by atoms with van der Waals surface area (Å²) in [6.07, 6.45) is 3.25. The molecule has 0 saturated carbocycles. The van der Waals surface area contributed by atoms with E-state index < -0.39 is 0 Å². The highest BCUT2D eigenvalue weighted by atomic mass is 16.2. The summed E-state index contributed by atoms with van der Waals surface area (Å²) in [7, 11) is 0. The van der Waals surface area contributed by atoms with Crippen molar-refractivity contribution in [3.05, 3.63) is 71.4 Å². The molecule has 0 bridgehead atoms. The number of nitrogens with zero attached hydrogens (tertiary/aromatic N) is 2. The van der Waals surface area contributed by atoms with E-state index in [1.807, 2.05) is 23.1 Å². The monoisotopic (exact) mass is 415 g/mol. The molecule has 160 valence electrons. The molecule has 5 heteroatoms. The van der Waals surface area contributed by atoms with Gasteiger partial charge in [-0.1, -0.05) is 48.5 Å². The average molecular weight is 416 g/mol. The first-order chi connectivity index (χ1) is 15.1. The largest absolute Gasteiger partial charge is 0.356 e. The number of carbonyl (C=O) groups is 2. The first-order valence-corrected chi connectivity index (χ1v) is 11.3. The second kappa shape index (κ2) is 8.22. The molecule has 1 N–H and O–H groups in total. The molecule has 1 fully saturated rings. The lowest BCUT2D eigenvalue weighted by Gasteiger charge is -2.38. The third-order valence-electron chi connectivity index (χ3n) is 6.99. The van der Waals surface area contributed by atoms with Gasteiger partial charge in [0.15, 0.2) is 0 Å². The van der Waals surface area contributed by atoms with Crippen molar-refractivity contribution in [3.63, 3.8) is 0 Å². The van der Waals surface area contributed by atoms with Crippen molar-refractivity contribution in [1.82, 2.24) is 14.8 Å². The minimum Gasteiger partial charge on any atom is -0.356 e. The molecule has 2 aliphatic heterocycles. The summed E-state index contributed by atoms with van der Waals surface area (Å²) >= 11 is 0. The third-order valence-corrected chi connectivity index (χ3v) is 6.99. The van der Waals surface area contributed by atoms with Crippen molar-refractivity contribution < 1.29 is 9.59 Å². The highest BCUT2D eigenvalue weighted by Gasteiger charge is 2.35. The number of rotatable bonds is 3. The zero-order valence-electron chi connectivity index (χ0n) is 18.0. The van der Waals surface area contributed by atoms with Gasteiger partial charge in [-0.05, 0) is 42.4 Å². The molecular weight excluding hydrogens is 386 g/mol. The second-order valence-corrected chi connectivity index (χ2v) is 8.87. The van der Waals surface area contributed by atoms with Crippen molar-refractivity contribution in [1.29, 1.82) is 0 Å². The second-order valence-electron chi connectivity index (χ2n) is 8.87. The first-order valence-electron chi connectivity index (χ1n) is 11.3. The fraction of sp³-hybridized carbons (Fsp3) is 0.385. The standard InChI is InChI=1S/C26H29N3O2/c1-18(30)28-14-11-19(12-15-28)17-24(31)29-16-13-22-21-9-5-6-10-23(21)27-25(22)26(29)20-7-3-2-4-8-20/h2-10,19,26-27H,11-17H2,1H3. The molecule has 31 heavy (non-hydrogen) atoms. The van der Waals surface area contributed by atoms with Gasteiger partial charge in [-0.15, -0.1) is 0 Å². The molecule has 1 aromatic heterocycles. The van der Waals surface area contributed by atoms with Crippen LogP contribution in [0, 0.1) is 5.92 Å². The average Bonchev–Trinajstić information content (AvgIpc) is 3.18. The number of para-hydroxylation sites is 1. The van der Waals surface area contributed by atoms with E-state index in [0.717, 1.165) is 55.7 Å². The van der Waals surface area contributed by atoms with Gasteiger partial charge in [-0.2, -0.15) is 0 Å². The molecule has 0 aliphatic carbocycles. The number of aromatic amines is 1. The molecule has 1 unspecified atom stereocenters. The Hall–Kier alpha value is -3.08. The number of H-pyrrole nitrogens is 1. The predicted molar refractivity (Wildman–Crippen MR) is 122 cm³/mol. The molecule has 2 aromatic carbocycles. The van der Waals surface area contributed by atoms with Gasteiger partial charge < -0.3 is 14.8 Å². The zero-order valence-corrected chi connectivity index (χ0v) is 18.0. The van der Waals surface area contributed by atoms with Crippen molar-refractivity contribution >= 4 is 22.7 Å². The lowest BCUT2D eigenvalue weighted by Crippen LogP contribution is -2.43. The van der Waals surface area contributed by atoms with Gasteiger partial charge in [-0.3, -0.25) is 9.59 Å². The number of fused-ring (bicyclic) bond motifs is 3. The van der Waals surface area contributed by atoms with Gasteiger partial charge in [0.25, 0.3) is 0 Å². The van der Waals surface area contributed by atoms with Crippen molar-refractivity contribution in [2.75, 3.05) is 19.6 Å². The Labute approximate surface area is 183 Å². The summed E-state index contributed by atoms with van der Waals surface area (Å²) in [5, 5.41) is 1.27. The van der Waals surface area contributed by atoms with Crippen molar-refractivity contribution in [3.8, 4) is 0 Å². The van der Waals surface area contributed by atoms with E-state index in [2.05, 4.69) is 46.3 Å². The highest BCUT2D eigenvalue weighted by Crippen LogP contribution is 2.39. The van der Waals surface area contributed by atoms with Crippen LogP contribution in [0.2, 0.25) is 0 Å². The van der Waals surface area contributed by atoms with Gasteiger partial charge in [0.05, 0.1) is 6.04 Å². The number of benzene rings is 2. The summed E-state index contributed by atoms with van der Waals surface area (Å²) in [5.74, 6) is 0.708. The van der Waals surface area contributed by atoms with Crippen LogP contribution in [0.15, 0.2) is 54.6 Å². The van der Waals surface area contributed by atoms with Crippen LogP contribution in [0.5, 0.6) is 0 Å². The lowest BCUT2D eigenvalue weighted by atomic mass is 9.89. The van der Waals surface area contributed by atoms with Crippen LogP contribution in [0.4, 0.5) is 0 Å². The van der Waals surface area contributed by atoms with E-state index in [9.17, 15) is 9.59 Å². The first kappa shape index (κ1) is 19.9. The Morgan fingerprint density at radius 2 is 1.68 bits per heavy atom. The molecule has 3 heterocycles. The summed E-state index contributed by atoms with van der Waals surface area (Å²) in [6, 6.07) is 18.7. The number of piperidine rings is 1. The summed E-state index contributed by atoms with van der Waals surface area (Å²) in [6.45, 7) is 3.89. The van der Waals surface area contributed by atoms with Crippen LogP contribution in [-0.4, -0.2) is 46.2 Å². The van der Waals surface area contributed by atoms with Gasteiger partial charge in [0.1, 0.15) is 0 Å². The van der Waals surface area contributed by atoms with Crippen LogP contribution in [0.3, 0.4) is 0 Å². The summed E-state index contributed by atoms with van der Waals surface area (Å²) < 4.78 is 0. The molecule has 0 radical (unpaired) electrons. The molecule has 5 rings (SSSR count). The Balaban J connectivity index is 1.43. The lowest BCUT2D eigenvalue weighted by molar-refractivity contribution is -0.135. The number of carbonyl (C=O) groups excluding carboxylic acids is 2. The Morgan fingerprint density at radius 3 is 2.42 bits per heavy atom. The van der Waals surface area contributed by atoms with E-state index in [0.29, 0.717) is 12.3 Å². The molecule has 1 saturated heterocycles. The highest BCUT2D eigenvalue weighted by molar-refractivity contribution is 5.86.